The van der Waals surface area contributed by atoms with Crippen molar-refractivity contribution in [1.29, 1.82) is 5.26 Å². The number of likely N-dealkylation sites (tertiary alicyclic amines) is 1. The molecule has 1 saturated heterocycles. The van der Waals surface area contributed by atoms with Crippen LogP contribution in [0.3, 0.4) is 0 Å². The Bertz CT molecular complexity index is 845. The van der Waals surface area contributed by atoms with E-state index in [1.165, 1.54) is 18.4 Å². The number of benzene rings is 2. The summed E-state index contributed by atoms with van der Waals surface area (Å²) < 4.78 is 0. The first-order valence-electron chi connectivity index (χ1n) is 9.81. The van der Waals surface area contributed by atoms with Crippen LogP contribution in [0, 0.1) is 11.3 Å². The fourth-order valence-corrected chi connectivity index (χ4v) is 4.20. The van der Waals surface area contributed by atoms with E-state index in [1.54, 1.807) is 6.07 Å². The highest BCUT2D eigenvalue weighted by Crippen LogP contribution is 2.48. The largest absolute Gasteiger partial charge is 0.353 e. The van der Waals surface area contributed by atoms with Crippen LogP contribution in [0.25, 0.3) is 0 Å². The van der Waals surface area contributed by atoms with Crippen LogP contribution in [-0.4, -0.2) is 30.4 Å². The standard InChI is InChI=1S/C23H25N3O/c24-16-18-7-6-10-20(15-18)23(11-12-23)22(27)25-17-21(26-13-4-5-14-26)19-8-2-1-3-9-19/h1-3,6-10,15,21H,4-5,11-14,17H2,(H,25,27). The number of rotatable bonds is 6. The molecule has 2 aromatic carbocycles. The van der Waals surface area contributed by atoms with E-state index in [1.807, 2.05) is 24.3 Å². The van der Waals surface area contributed by atoms with E-state index in [-0.39, 0.29) is 11.9 Å². The number of carbonyl (C=O) groups is 1. The molecule has 1 unspecified atom stereocenters. The molecule has 0 aromatic heterocycles. The third-order valence-corrected chi connectivity index (χ3v) is 5.95. The van der Waals surface area contributed by atoms with Crippen molar-refractivity contribution in [3.05, 3.63) is 71.3 Å². The van der Waals surface area contributed by atoms with Crippen LogP contribution in [0.5, 0.6) is 0 Å². The molecule has 1 aliphatic heterocycles. The predicted octanol–water partition coefficient (Wildman–Crippen LogP) is 3.54. The molecule has 138 valence electrons. The monoisotopic (exact) mass is 359 g/mol. The van der Waals surface area contributed by atoms with Gasteiger partial charge in [-0.25, -0.2) is 0 Å². The Morgan fingerprint density at radius 1 is 1.11 bits per heavy atom. The van der Waals surface area contributed by atoms with Crippen LogP contribution in [0.4, 0.5) is 0 Å². The van der Waals surface area contributed by atoms with Crippen LogP contribution in [0.1, 0.15) is 48.4 Å². The molecule has 27 heavy (non-hydrogen) atoms. The third-order valence-electron chi connectivity index (χ3n) is 5.95. The van der Waals surface area contributed by atoms with Crippen LogP contribution < -0.4 is 5.32 Å². The third kappa shape index (κ3) is 3.61. The summed E-state index contributed by atoms with van der Waals surface area (Å²) in [6.45, 7) is 2.80. The normalized spacial score (nSPS) is 19.2. The number of amides is 1. The number of nitriles is 1. The summed E-state index contributed by atoms with van der Waals surface area (Å²) in [6, 6.07) is 20.4. The average Bonchev–Trinajstić information content (AvgIpc) is 3.37. The number of hydrogen-bond donors (Lipinski definition) is 1. The molecule has 4 nitrogen and oxygen atoms in total. The quantitative estimate of drug-likeness (QED) is 0.858. The minimum absolute atomic E-state index is 0.0951. The average molecular weight is 359 g/mol. The van der Waals surface area contributed by atoms with Gasteiger partial charge in [0.05, 0.1) is 23.1 Å². The predicted molar refractivity (Wildman–Crippen MR) is 105 cm³/mol. The second-order valence-corrected chi connectivity index (χ2v) is 7.65. The molecule has 0 spiro atoms. The lowest BCUT2D eigenvalue weighted by atomic mass is 9.93. The Labute approximate surface area is 160 Å². The van der Waals surface area contributed by atoms with Crippen molar-refractivity contribution in [2.24, 2.45) is 0 Å². The zero-order valence-corrected chi connectivity index (χ0v) is 15.5. The molecule has 0 radical (unpaired) electrons. The van der Waals surface area contributed by atoms with Gasteiger partial charge in [0.25, 0.3) is 0 Å². The summed E-state index contributed by atoms with van der Waals surface area (Å²) in [7, 11) is 0. The molecule has 4 heteroatoms. The molecule has 0 bridgehead atoms. The van der Waals surface area contributed by atoms with E-state index < -0.39 is 5.41 Å². The maximum absolute atomic E-state index is 13.1. The van der Waals surface area contributed by atoms with Gasteiger partial charge >= 0.3 is 0 Å². The second kappa shape index (κ2) is 7.54. The molecule has 1 amide bonds. The first-order chi connectivity index (χ1) is 13.2. The van der Waals surface area contributed by atoms with Crippen molar-refractivity contribution in [1.82, 2.24) is 10.2 Å². The van der Waals surface area contributed by atoms with Gasteiger partial charge in [-0.2, -0.15) is 5.26 Å². The van der Waals surface area contributed by atoms with Gasteiger partial charge in [0.15, 0.2) is 0 Å². The Kier molecular flexibility index (Phi) is 4.96. The number of nitrogens with zero attached hydrogens (tertiary/aromatic N) is 2. The highest BCUT2D eigenvalue weighted by atomic mass is 16.2. The van der Waals surface area contributed by atoms with Crippen molar-refractivity contribution >= 4 is 5.91 Å². The van der Waals surface area contributed by atoms with Gasteiger partial charge in [-0.15, -0.1) is 0 Å². The Balaban J connectivity index is 1.49. The molecule has 1 atom stereocenters. The van der Waals surface area contributed by atoms with Crippen LogP contribution in [-0.2, 0) is 10.2 Å². The lowest BCUT2D eigenvalue weighted by Crippen LogP contribution is -2.41. The highest BCUT2D eigenvalue weighted by Gasteiger charge is 2.51. The molecular weight excluding hydrogens is 334 g/mol. The first kappa shape index (κ1) is 17.8. The van der Waals surface area contributed by atoms with Gasteiger partial charge < -0.3 is 5.32 Å². The summed E-state index contributed by atoms with van der Waals surface area (Å²) in [5.74, 6) is 0.0951. The van der Waals surface area contributed by atoms with E-state index in [0.29, 0.717) is 12.1 Å². The van der Waals surface area contributed by atoms with E-state index in [9.17, 15) is 4.79 Å². The summed E-state index contributed by atoms with van der Waals surface area (Å²) in [6.07, 6.45) is 4.16. The summed E-state index contributed by atoms with van der Waals surface area (Å²) in [5, 5.41) is 12.4. The topological polar surface area (TPSA) is 56.1 Å². The molecule has 2 aromatic rings. The summed E-state index contributed by atoms with van der Waals surface area (Å²) in [5.41, 5.74) is 2.40. The molecule has 4 rings (SSSR count). The van der Waals surface area contributed by atoms with Gasteiger partial charge in [0, 0.05) is 6.54 Å². The molecule has 1 heterocycles. The Morgan fingerprint density at radius 3 is 2.52 bits per heavy atom. The second-order valence-electron chi connectivity index (χ2n) is 7.65. The van der Waals surface area contributed by atoms with Crippen molar-refractivity contribution in [3.8, 4) is 6.07 Å². The van der Waals surface area contributed by atoms with Gasteiger partial charge in [0.1, 0.15) is 0 Å². The maximum atomic E-state index is 13.1. The summed E-state index contributed by atoms with van der Waals surface area (Å²) in [4.78, 5) is 15.5. The fourth-order valence-electron chi connectivity index (χ4n) is 4.20. The zero-order chi connectivity index (χ0) is 18.7. The number of nitrogens with one attached hydrogen (secondary N) is 1. The van der Waals surface area contributed by atoms with Crippen LogP contribution >= 0.6 is 0 Å². The minimum Gasteiger partial charge on any atom is -0.353 e. The highest BCUT2D eigenvalue weighted by molar-refractivity contribution is 5.91. The van der Waals surface area contributed by atoms with E-state index in [4.69, 9.17) is 5.26 Å². The number of hydrogen-bond acceptors (Lipinski definition) is 3. The molecular formula is C23H25N3O. The first-order valence-corrected chi connectivity index (χ1v) is 9.81. The van der Waals surface area contributed by atoms with E-state index in [0.717, 1.165) is 31.5 Å². The van der Waals surface area contributed by atoms with Crippen molar-refractivity contribution < 1.29 is 4.79 Å². The SMILES string of the molecule is N#Cc1cccc(C2(C(=O)NCC(c3ccccc3)N3CCCC3)CC2)c1. The summed E-state index contributed by atoms with van der Waals surface area (Å²) >= 11 is 0. The maximum Gasteiger partial charge on any atom is 0.230 e. The van der Waals surface area contributed by atoms with Crippen molar-refractivity contribution in [2.45, 2.75) is 37.1 Å². The van der Waals surface area contributed by atoms with Crippen molar-refractivity contribution in [3.63, 3.8) is 0 Å². The lowest BCUT2D eigenvalue weighted by Gasteiger charge is -2.29. The molecule has 2 fully saturated rings. The van der Waals surface area contributed by atoms with Gasteiger partial charge in [-0.1, -0.05) is 42.5 Å². The zero-order valence-electron chi connectivity index (χ0n) is 15.5. The van der Waals surface area contributed by atoms with Crippen LogP contribution in [0.2, 0.25) is 0 Å². The van der Waals surface area contributed by atoms with Crippen LogP contribution in [0.15, 0.2) is 54.6 Å². The van der Waals surface area contributed by atoms with Gasteiger partial charge in [0.2, 0.25) is 5.91 Å². The Morgan fingerprint density at radius 2 is 1.85 bits per heavy atom. The molecule has 1 N–H and O–H groups in total. The van der Waals surface area contributed by atoms with E-state index >= 15 is 0 Å². The van der Waals surface area contributed by atoms with Gasteiger partial charge in [-0.05, 0) is 62.0 Å². The molecule has 1 saturated carbocycles. The Hall–Kier alpha value is -2.64. The minimum atomic E-state index is -0.445. The lowest BCUT2D eigenvalue weighted by molar-refractivity contribution is -0.123. The molecule has 2 aliphatic rings. The number of carbonyl (C=O) groups excluding carboxylic acids is 1. The van der Waals surface area contributed by atoms with E-state index in [2.05, 4.69) is 40.6 Å². The van der Waals surface area contributed by atoms with Gasteiger partial charge in [-0.3, -0.25) is 9.69 Å². The van der Waals surface area contributed by atoms with Crippen molar-refractivity contribution in [2.75, 3.05) is 19.6 Å². The smallest absolute Gasteiger partial charge is 0.230 e. The molecule has 1 aliphatic carbocycles. The fraction of sp³-hybridized carbons (Fsp3) is 0.391.